The van der Waals surface area contributed by atoms with Crippen molar-refractivity contribution < 1.29 is 14.4 Å². The number of rotatable bonds is 2. The summed E-state index contributed by atoms with van der Waals surface area (Å²) < 4.78 is 5.11. The van der Waals surface area contributed by atoms with Gasteiger partial charge in [0, 0.05) is 11.6 Å². The average molecular weight is 257 g/mol. The third-order valence-electron chi connectivity index (χ3n) is 3.77. The minimum Gasteiger partial charge on any atom is -0.476 e. The smallest absolute Gasteiger partial charge is 0.358 e. The molecule has 0 fully saturated rings. The van der Waals surface area contributed by atoms with Crippen LogP contribution in [0.25, 0.3) is 11.3 Å². The van der Waals surface area contributed by atoms with Gasteiger partial charge in [0.05, 0.1) is 0 Å². The van der Waals surface area contributed by atoms with Gasteiger partial charge in [-0.3, -0.25) is 0 Å². The Morgan fingerprint density at radius 3 is 3.00 bits per heavy atom. The van der Waals surface area contributed by atoms with Crippen LogP contribution in [0.15, 0.2) is 28.8 Å². The van der Waals surface area contributed by atoms with Gasteiger partial charge in [-0.25, -0.2) is 4.79 Å². The molecule has 98 valence electrons. The molecule has 19 heavy (non-hydrogen) atoms. The van der Waals surface area contributed by atoms with E-state index < -0.39 is 5.97 Å². The molecule has 0 saturated carbocycles. The van der Waals surface area contributed by atoms with E-state index in [1.54, 1.807) is 0 Å². The topological polar surface area (TPSA) is 63.3 Å². The molecule has 1 aromatic carbocycles. The number of aromatic carboxylic acids is 1. The Morgan fingerprint density at radius 1 is 1.42 bits per heavy atom. The molecule has 3 rings (SSSR count). The molecule has 1 aliphatic rings. The first-order valence-electron chi connectivity index (χ1n) is 6.48. The maximum Gasteiger partial charge on any atom is 0.358 e. The van der Waals surface area contributed by atoms with E-state index in [0.29, 0.717) is 11.7 Å². The van der Waals surface area contributed by atoms with E-state index in [1.165, 1.54) is 30.0 Å². The number of nitrogens with zero attached hydrogens (tertiary/aromatic N) is 1. The Morgan fingerprint density at radius 2 is 2.26 bits per heavy atom. The van der Waals surface area contributed by atoms with E-state index in [-0.39, 0.29) is 5.69 Å². The van der Waals surface area contributed by atoms with Gasteiger partial charge in [-0.15, -0.1) is 0 Å². The third kappa shape index (κ3) is 2.14. The number of hydrogen-bond donors (Lipinski definition) is 1. The van der Waals surface area contributed by atoms with Crippen molar-refractivity contribution in [2.24, 2.45) is 0 Å². The van der Waals surface area contributed by atoms with Crippen LogP contribution in [0.3, 0.4) is 0 Å². The van der Waals surface area contributed by atoms with E-state index in [1.807, 2.05) is 6.07 Å². The molecule has 1 atom stereocenters. The van der Waals surface area contributed by atoms with Gasteiger partial charge in [0.1, 0.15) is 0 Å². The predicted molar refractivity (Wildman–Crippen MR) is 70.3 cm³/mol. The first-order valence-corrected chi connectivity index (χ1v) is 6.48. The summed E-state index contributed by atoms with van der Waals surface area (Å²) in [5.41, 5.74) is 3.57. The maximum atomic E-state index is 10.8. The zero-order valence-corrected chi connectivity index (χ0v) is 10.7. The molecule has 1 aromatic heterocycles. The number of hydrogen-bond acceptors (Lipinski definition) is 3. The molecule has 4 nitrogen and oxygen atoms in total. The third-order valence-corrected chi connectivity index (χ3v) is 3.77. The van der Waals surface area contributed by atoms with Crippen LogP contribution in [0.2, 0.25) is 0 Å². The highest BCUT2D eigenvalue weighted by atomic mass is 16.5. The monoisotopic (exact) mass is 257 g/mol. The van der Waals surface area contributed by atoms with Gasteiger partial charge in [0.2, 0.25) is 0 Å². The number of carbonyl (C=O) groups is 1. The lowest BCUT2D eigenvalue weighted by Crippen LogP contribution is -2.06. The highest BCUT2D eigenvalue weighted by Crippen LogP contribution is 2.34. The van der Waals surface area contributed by atoms with Gasteiger partial charge in [0.25, 0.3) is 0 Å². The summed E-state index contributed by atoms with van der Waals surface area (Å²) in [7, 11) is 0. The SMILES string of the molecule is CC1CCCc2ccc(-c3cc(C(=O)O)no3)cc21. The van der Waals surface area contributed by atoms with E-state index in [9.17, 15) is 4.79 Å². The summed E-state index contributed by atoms with van der Waals surface area (Å²) in [5.74, 6) is -0.00938. The molecular weight excluding hydrogens is 242 g/mol. The van der Waals surface area contributed by atoms with Crippen LogP contribution in [0.4, 0.5) is 0 Å². The Hall–Kier alpha value is -2.10. The quantitative estimate of drug-likeness (QED) is 0.894. The number of benzene rings is 1. The molecule has 0 aliphatic heterocycles. The van der Waals surface area contributed by atoms with Gasteiger partial charge in [-0.1, -0.05) is 24.2 Å². The Balaban J connectivity index is 2.01. The minimum atomic E-state index is -1.07. The van der Waals surface area contributed by atoms with Crippen molar-refractivity contribution >= 4 is 5.97 Å². The normalized spacial score (nSPS) is 18.1. The van der Waals surface area contributed by atoms with E-state index in [2.05, 4.69) is 24.2 Å². The molecule has 1 aliphatic carbocycles. The molecule has 1 N–H and O–H groups in total. The van der Waals surface area contributed by atoms with Crippen LogP contribution < -0.4 is 0 Å². The first kappa shape index (κ1) is 12.0. The lowest BCUT2D eigenvalue weighted by molar-refractivity contribution is 0.0686. The molecule has 1 unspecified atom stereocenters. The number of fused-ring (bicyclic) bond motifs is 1. The Kier molecular flexibility index (Phi) is 2.85. The number of carboxylic acids is 1. The van der Waals surface area contributed by atoms with Crippen molar-refractivity contribution in [3.8, 4) is 11.3 Å². The van der Waals surface area contributed by atoms with Crippen LogP contribution in [0.5, 0.6) is 0 Å². The molecule has 4 heteroatoms. The summed E-state index contributed by atoms with van der Waals surface area (Å²) in [6, 6.07) is 7.66. The fourth-order valence-corrected chi connectivity index (χ4v) is 2.70. The summed E-state index contributed by atoms with van der Waals surface area (Å²) in [5, 5.41) is 12.4. The Bertz CT molecular complexity index is 630. The van der Waals surface area contributed by atoms with Crippen LogP contribution >= 0.6 is 0 Å². The van der Waals surface area contributed by atoms with Crippen molar-refractivity contribution in [3.05, 3.63) is 41.1 Å². The predicted octanol–water partition coefficient (Wildman–Crippen LogP) is 3.48. The lowest BCUT2D eigenvalue weighted by Gasteiger charge is -2.22. The molecule has 2 aromatic rings. The summed E-state index contributed by atoms with van der Waals surface area (Å²) in [6.07, 6.45) is 3.56. The largest absolute Gasteiger partial charge is 0.476 e. The van der Waals surface area contributed by atoms with Crippen LogP contribution in [-0.4, -0.2) is 16.2 Å². The zero-order chi connectivity index (χ0) is 13.4. The zero-order valence-electron chi connectivity index (χ0n) is 10.7. The second kappa shape index (κ2) is 4.53. The lowest BCUT2D eigenvalue weighted by atomic mass is 9.83. The van der Waals surface area contributed by atoms with Crippen LogP contribution in [0, 0.1) is 0 Å². The number of carboxylic acid groups (broad SMARTS) is 1. The highest BCUT2D eigenvalue weighted by molar-refractivity contribution is 5.86. The molecule has 0 spiro atoms. The second-order valence-electron chi connectivity index (χ2n) is 5.09. The average Bonchev–Trinajstić information content (AvgIpc) is 2.89. The summed E-state index contributed by atoms with van der Waals surface area (Å²) in [4.78, 5) is 10.8. The summed E-state index contributed by atoms with van der Waals surface area (Å²) >= 11 is 0. The molecule has 0 bridgehead atoms. The van der Waals surface area contributed by atoms with E-state index in [4.69, 9.17) is 9.63 Å². The molecule has 0 radical (unpaired) electrons. The van der Waals surface area contributed by atoms with Crippen molar-refractivity contribution in [3.63, 3.8) is 0 Å². The fraction of sp³-hybridized carbons (Fsp3) is 0.333. The maximum absolute atomic E-state index is 10.8. The van der Waals surface area contributed by atoms with Crippen molar-refractivity contribution in [2.75, 3.05) is 0 Å². The first-order chi connectivity index (χ1) is 9.15. The fourth-order valence-electron chi connectivity index (χ4n) is 2.70. The van der Waals surface area contributed by atoms with Gasteiger partial charge < -0.3 is 9.63 Å². The number of aryl methyl sites for hydroxylation is 1. The van der Waals surface area contributed by atoms with Gasteiger partial charge in [-0.05, 0) is 42.4 Å². The van der Waals surface area contributed by atoms with Gasteiger partial charge in [0.15, 0.2) is 11.5 Å². The van der Waals surface area contributed by atoms with Crippen LogP contribution in [-0.2, 0) is 6.42 Å². The van der Waals surface area contributed by atoms with Crippen molar-refractivity contribution in [1.29, 1.82) is 0 Å². The molecule has 1 heterocycles. The molecule has 0 saturated heterocycles. The summed E-state index contributed by atoms with van der Waals surface area (Å²) in [6.45, 7) is 2.23. The highest BCUT2D eigenvalue weighted by Gasteiger charge is 2.18. The van der Waals surface area contributed by atoms with E-state index in [0.717, 1.165) is 12.0 Å². The van der Waals surface area contributed by atoms with Crippen molar-refractivity contribution in [1.82, 2.24) is 5.16 Å². The van der Waals surface area contributed by atoms with Crippen molar-refractivity contribution in [2.45, 2.75) is 32.1 Å². The van der Waals surface area contributed by atoms with Gasteiger partial charge in [-0.2, -0.15) is 0 Å². The van der Waals surface area contributed by atoms with Crippen LogP contribution in [0.1, 0.15) is 47.3 Å². The minimum absolute atomic E-state index is 0.0548. The van der Waals surface area contributed by atoms with Gasteiger partial charge >= 0.3 is 5.97 Å². The number of aromatic nitrogens is 1. The molecular formula is C15H15NO3. The second-order valence-corrected chi connectivity index (χ2v) is 5.09. The van der Waals surface area contributed by atoms with E-state index >= 15 is 0 Å². The standard InChI is InChI=1S/C15H15NO3/c1-9-3-2-4-10-5-6-11(7-12(9)10)14-8-13(15(17)18)16-19-14/h5-9H,2-4H2,1H3,(H,17,18). The molecule has 0 amide bonds. The Labute approximate surface area is 111 Å².